The highest BCUT2D eigenvalue weighted by Gasteiger charge is 2.22. The second-order valence-corrected chi connectivity index (χ2v) is 5.74. The van der Waals surface area contributed by atoms with Crippen molar-refractivity contribution in [2.75, 3.05) is 19.7 Å². The summed E-state index contributed by atoms with van der Waals surface area (Å²) in [5, 5.41) is 9.29. The van der Waals surface area contributed by atoms with Crippen LogP contribution in [0.3, 0.4) is 0 Å². The van der Waals surface area contributed by atoms with Gasteiger partial charge in [-0.15, -0.1) is 0 Å². The largest absolute Gasteiger partial charge is 0.508 e. The average Bonchev–Trinajstić information content (AvgIpc) is 2.47. The smallest absolute Gasteiger partial charge is 0.115 e. The van der Waals surface area contributed by atoms with Crippen LogP contribution in [0.15, 0.2) is 24.3 Å². The van der Waals surface area contributed by atoms with Crippen molar-refractivity contribution >= 4 is 0 Å². The highest BCUT2D eigenvalue weighted by molar-refractivity contribution is 5.25. The van der Waals surface area contributed by atoms with Gasteiger partial charge in [-0.2, -0.15) is 0 Å². The van der Waals surface area contributed by atoms with Gasteiger partial charge in [0, 0.05) is 25.7 Å². The lowest BCUT2D eigenvalue weighted by molar-refractivity contribution is 0.00505. The molecule has 1 aliphatic heterocycles. The number of phenolic OH excluding ortho intramolecular Hbond substituents is 1. The zero-order chi connectivity index (χ0) is 14.4. The summed E-state index contributed by atoms with van der Waals surface area (Å²) in [4.78, 5) is 2.58. The zero-order valence-corrected chi connectivity index (χ0v) is 12.7. The van der Waals surface area contributed by atoms with Crippen LogP contribution >= 0.6 is 0 Å². The molecule has 0 spiro atoms. The molecule has 20 heavy (non-hydrogen) atoms. The zero-order valence-electron chi connectivity index (χ0n) is 12.7. The van der Waals surface area contributed by atoms with E-state index in [0.29, 0.717) is 17.9 Å². The molecule has 0 radical (unpaired) electrons. The molecule has 1 aromatic carbocycles. The van der Waals surface area contributed by atoms with Gasteiger partial charge in [-0.05, 0) is 57.2 Å². The lowest BCUT2D eigenvalue weighted by atomic mass is 10.0. The van der Waals surface area contributed by atoms with Gasteiger partial charge in [0.15, 0.2) is 0 Å². The Bertz CT molecular complexity index is 382. The van der Waals surface area contributed by atoms with Crippen LogP contribution in [0.2, 0.25) is 0 Å². The van der Waals surface area contributed by atoms with Crippen molar-refractivity contribution in [1.82, 2.24) is 4.90 Å². The fraction of sp³-hybridized carbons (Fsp3) is 0.647. The second kappa shape index (κ2) is 7.65. The molecule has 1 saturated heterocycles. The van der Waals surface area contributed by atoms with E-state index in [4.69, 9.17) is 4.74 Å². The Labute approximate surface area is 122 Å². The summed E-state index contributed by atoms with van der Waals surface area (Å²) in [6, 6.07) is 8.19. The number of nitrogens with zero attached hydrogens (tertiary/aromatic N) is 1. The Morgan fingerprint density at radius 3 is 2.50 bits per heavy atom. The Kier molecular flexibility index (Phi) is 5.86. The third kappa shape index (κ3) is 4.50. The van der Waals surface area contributed by atoms with E-state index in [0.717, 1.165) is 39.0 Å². The summed E-state index contributed by atoms with van der Waals surface area (Å²) in [7, 11) is 0. The number of benzene rings is 1. The van der Waals surface area contributed by atoms with E-state index >= 15 is 0 Å². The van der Waals surface area contributed by atoms with E-state index in [9.17, 15) is 5.11 Å². The molecular formula is C17H27NO2. The summed E-state index contributed by atoms with van der Waals surface area (Å²) in [5.41, 5.74) is 1.30. The van der Waals surface area contributed by atoms with Crippen LogP contribution in [0.5, 0.6) is 5.75 Å². The lowest BCUT2D eigenvalue weighted by Gasteiger charge is -2.36. The minimum atomic E-state index is 0.347. The summed E-state index contributed by atoms with van der Waals surface area (Å²) in [5.74, 6) is 0.347. The number of hydrogen-bond donors (Lipinski definition) is 1. The number of phenols is 1. The predicted molar refractivity (Wildman–Crippen MR) is 82.1 cm³/mol. The van der Waals surface area contributed by atoms with Gasteiger partial charge in [-0.25, -0.2) is 0 Å². The first kappa shape index (κ1) is 15.3. The standard InChI is InChI=1S/C17H27NO2/c1-3-20-17-10-12-18(13-11-17)14(2)4-5-15-6-8-16(19)9-7-15/h6-9,14,17,19H,3-5,10-13H2,1-2H3. The van der Waals surface area contributed by atoms with E-state index < -0.39 is 0 Å². The molecule has 3 nitrogen and oxygen atoms in total. The number of aromatic hydroxyl groups is 1. The number of aryl methyl sites for hydroxylation is 1. The van der Waals surface area contributed by atoms with Crippen LogP contribution in [0.4, 0.5) is 0 Å². The summed E-state index contributed by atoms with van der Waals surface area (Å²) < 4.78 is 5.70. The van der Waals surface area contributed by atoms with Crippen LogP contribution in [0.1, 0.15) is 38.7 Å². The van der Waals surface area contributed by atoms with Crippen molar-refractivity contribution in [2.45, 2.75) is 51.7 Å². The average molecular weight is 277 g/mol. The molecule has 0 amide bonds. The van der Waals surface area contributed by atoms with E-state index in [2.05, 4.69) is 18.7 Å². The Balaban J connectivity index is 1.72. The molecule has 1 aliphatic rings. The first-order chi connectivity index (χ1) is 9.69. The van der Waals surface area contributed by atoms with Crippen LogP contribution in [0.25, 0.3) is 0 Å². The van der Waals surface area contributed by atoms with Crippen molar-refractivity contribution < 1.29 is 9.84 Å². The third-order valence-corrected chi connectivity index (χ3v) is 4.29. The normalized spacial score (nSPS) is 19.1. The van der Waals surface area contributed by atoms with Crippen LogP contribution in [-0.4, -0.2) is 41.8 Å². The van der Waals surface area contributed by atoms with Gasteiger partial charge in [-0.1, -0.05) is 12.1 Å². The van der Waals surface area contributed by atoms with Gasteiger partial charge in [0.1, 0.15) is 5.75 Å². The maximum atomic E-state index is 9.29. The van der Waals surface area contributed by atoms with Gasteiger partial charge >= 0.3 is 0 Å². The summed E-state index contributed by atoms with van der Waals surface area (Å²) >= 11 is 0. The van der Waals surface area contributed by atoms with Gasteiger partial charge in [-0.3, -0.25) is 0 Å². The maximum Gasteiger partial charge on any atom is 0.115 e. The van der Waals surface area contributed by atoms with Crippen LogP contribution in [0, 0.1) is 0 Å². The Hall–Kier alpha value is -1.06. The lowest BCUT2D eigenvalue weighted by Crippen LogP contribution is -2.42. The summed E-state index contributed by atoms with van der Waals surface area (Å²) in [6.07, 6.45) is 5.05. The molecule has 1 aromatic rings. The van der Waals surface area contributed by atoms with Gasteiger partial charge in [0.05, 0.1) is 6.10 Å². The molecule has 1 heterocycles. The molecule has 1 atom stereocenters. The number of piperidine rings is 1. The molecule has 1 N–H and O–H groups in total. The Morgan fingerprint density at radius 1 is 1.25 bits per heavy atom. The van der Waals surface area contributed by atoms with Crippen molar-refractivity contribution in [1.29, 1.82) is 0 Å². The third-order valence-electron chi connectivity index (χ3n) is 4.29. The van der Waals surface area contributed by atoms with E-state index in [1.54, 1.807) is 12.1 Å². The van der Waals surface area contributed by atoms with Gasteiger partial charge < -0.3 is 14.7 Å². The minimum Gasteiger partial charge on any atom is -0.508 e. The SMILES string of the molecule is CCOC1CCN(C(C)CCc2ccc(O)cc2)CC1. The molecule has 0 bridgehead atoms. The number of rotatable bonds is 6. The van der Waals surface area contributed by atoms with E-state index in [1.165, 1.54) is 12.0 Å². The summed E-state index contributed by atoms with van der Waals surface area (Å²) in [6.45, 7) is 7.54. The molecule has 1 fully saturated rings. The monoisotopic (exact) mass is 277 g/mol. The number of ether oxygens (including phenoxy) is 1. The topological polar surface area (TPSA) is 32.7 Å². The fourth-order valence-electron chi connectivity index (χ4n) is 2.94. The molecular weight excluding hydrogens is 250 g/mol. The number of hydrogen-bond acceptors (Lipinski definition) is 3. The molecule has 1 unspecified atom stereocenters. The quantitative estimate of drug-likeness (QED) is 0.866. The molecule has 2 rings (SSSR count). The number of likely N-dealkylation sites (tertiary alicyclic amines) is 1. The first-order valence-electron chi connectivity index (χ1n) is 7.82. The van der Waals surface area contributed by atoms with Crippen LogP contribution in [-0.2, 0) is 11.2 Å². The van der Waals surface area contributed by atoms with Crippen LogP contribution < -0.4 is 0 Å². The molecule has 0 aliphatic carbocycles. The first-order valence-corrected chi connectivity index (χ1v) is 7.82. The van der Waals surface area contributed by atoms with Crippen molar-refractivity contribution in [3.63, 3.8) is 0 Å². The second-order valence-electron chi connectivity index (χ2n) is 5.74. The van der Waals surface area contributed by atoms with Crippen molar-refractivity contribution in [2.24, 2.45) is 0 Å². The highest BCUT2D eigenvalue weighted by Crippen LogP contribution is 2.19. The van der Waals surface area contributed by atoms with E-state index in [1.807, 2.05) is 12.1 Å². The van der Waals surface area contributed by atoms with Gasteiger partial charge in [0.25, 0.3) is 0 Å². The molecule has 0 saturated carbocycles. The van der Waals surface area contributed by atoms with Crippen molar-refractivity contribution in [3.05, 3.63) is 29.8 Å². The molecule has 112 valence electrons. The minimum absolute atomic E-state index is 0.347. The predicted octanol–water partition coefficient (Wildman–Crippen LogP) is 3.21. The highest BCUT2D eigenvalue weighted by atomic mass is 16.5. The fourth-order valence-corrected chi connectivity index (χ4v) is 2.94. The van der Waals surface area contributed by atoms with Crippen molar-refractivity contribution in [3.8, 4) is 5.75 Å². The van der Waals surface area contributed by atoms with Gasteiger partial charge in [0.2, 0.25) is 0 Å². The maximum absolute atomic E-state index is 9.29. The molecule has 0 aromatic heterocycles. The molecule has 3 heteroatoms. The Morgan fingerprint density at radius 2 is 1.90 bits per heavy atom. The van der Waals surface area contributed by atoms with E-state index in [-0.39, 0.29) is 0 Å².